The maximum atomic E-state index is 12.1. The van der Waals surface area contributed by atoms with Crippen LogP contribution < -0.4 is 10.1 Å². The summed E-state index contributed by atoms with van der Waals surface area (Å²) in [5.74, 6) is 0.521. The fourth-order valence-corrected chi connectivity index (χ4v) is 3.29. The van der Waals surface area contributed by atoms with E-state index < -0.39 is 0 Å². The van der Waals surface area contributed by atoms with Gasteiger partial charge in [0.2, 0.25) is 5.91 Å². The Morgan fingerprint density at radius 1 is 1.25 bits per heavy atom. The van der Waals surface area contributed by atoms with Crippen molar-refractivity contribution in [2.75, 3.05) is 40.0 Å². The van der Waals surface area contributed by atoms with Gasteiger partial charge in [-0.25, -0.2) is 0 Å². The van der Waals surface area contributed by atoms with Crippen LogP contribution in [0.15, 0.2) is 24.3 Å². The summed E-state index contributed by atoms with van der Waals surface area (Å²) in [5, 5.41) is 2.97. The Balaban J connectivity index is 1.37. The van der Waals surface area contributed by atoms with Crippen LogP contribution >= 0.6 is 0 Å². The van der Waals surface area contributed by atoms with E-state index in [-0.39, 0.29) is 11.7 Å². The maximum absolute atomic E-state index is 12.1. The Morgan fingerprint density at radius 3 is 2.67 bits per heavy atom. The van der Waals surface area contributed by atoms with Gasteiger partial charge in [0, 0.05) is 51.0 Å². The molecule has 24 heavy (non-hydrogen) atoms. The molecule has 6 nitrogen and oxygen atoms in total. The summed E-state index contributed by atoms with van der Waals surface area (Å²) in [7, 11) is 1.64. The number of ether oxygens (including phenoxy) is 3. The molecule has 1 aromatic rings. The zero-order valence-electron chi connectivity index (χ0n) is 14.3. The van der Waals surface area contributed by atoms with E-state index in [0.717, 1.165) is 43.8 Å². The number of rotatable bonds is 6. The van der Waals surface area contributed by atoms with Gasteiger partial charge in [-0.05, 0) is 6.07 Å². The van der Waals surface area contributed by atoms with E-state index in [1.54, 1.807) is 7.11 Å². The van der Waals surface area contributed by atoms with Crippen molar-refractivity contribution in [2.24, 2.45) is 0 Å². The van der Waals surface area contributed by atoms with E-state index in [1.165, 1.54) is 0 Å². The average Bonchev–Trinajstić information content (AvgIpc) is 3.08. The van der Waals surface area contributed by atoms with E-state index in [9.17, 15) is 4.79 Å². The molecule has 0 atom stereocenters. The number of piperidine rings is 1. The fraction of sp³-hybridized carbons (Fsp3) is 0.611. The van der Waals surface area contributed by atoms with E-state index in [2.05, 4.69) is 10.2 Å². The summed E-state index contributed by atoms with van der Waals surface area (Å²) in [4.78, 5) is 14.4. The first-order valence-electron chi connectivity index (χ1n) is 8.60. The third kappa shape index (κ3) is 4.26. The highest BCUT2D eigenvalue weighted by molar-refractivity contribution is 5.76. The number of amides is 1. The van der Waals surface area contributed by atoms with Crippen LogP contribution in [0.2, 0.25) is 0 Å². The van der Waals surface area contributed by atoms with Gasteiger partial charge < -0.3 is 24.4 Å². The molecule has 0 unspecified atom stereocenters. The van der Waals surface area contributed by atoms with Gasteiger partial charge in [-0.1, -0.05) is 18.2 Å². The summed E-state index contributed by atoms with van der Waals surface area (Å²) < 4.78 is 16.7. The van der Waals surface area contributed by atoms with Gasteiger partial charge in [0.05, 0.1) is 20.3 Å². The predicted molar refractivity (Wildman–Crippen MR) is 89.8 cm³/mol. The first kappa shape index (κ1) is 17.2. The molecule has 0 aliphatic carbocycles. The minimum absolute atomic E-state index is 0.0644. The molecule has 2 fully saturated rings. The van der Waals surface area contributed by atoms with Crippen LogP contribution in [0.4, 0.5) is 0 Å². The third-order valence-corrected chi connectivity index (χ3v) is 4.76. The smallest absolute Gasteiger partial charge is 0.221 e. The van der Waals surface area contributed by atoms with E-state index in [1.807, 2.05) is 24.3 Å². The monoisotopic (exact) mass is 334 g/mol. The molecule has 1 aromatic carbocycles. The SMILES string of the molecule is COc1ccccc1CNC(=O)CCN1CCC2(CC1)OCCO2. The lowest BCUT2D eigenvalue weighted by atomic mass is 10.0. The lowest BCUT2D eigenvalue weighted by Gasteiger charge is -2.37. The molecule has 2 saturated heterocycles. The summed E-state index contributed by atoms with van der Waals surface area (Å²) >= 11 is 0. The van der Waals surface area contributed by atoms with Gasteiger partial charge in [-0.3, -0.25) is 4.79 Å². The van der Waals surface area contributed by atoms with E-state index >= 15 is 0 Å². The molecular formula is C18H26N2O4. The number of carbonyl (C=O) groups excluding carboxylic acids is 1. The van der Waals surface area contributed by atoms with Crippen molar-refractivity contribution in [3.8, 4) is 5.75 Å². The molecule has 132 valence electrons. The van der Waals surface area contributed by atoms with Crippen LogP contribution in [-0.4, -0.2) is 56.6 Å². The summed E-state index contributed by atoms with van der Waals surface area (Å²) in [6.45, 7) is 4.50. The van der Waals surface area contributed by atoms with Crippen molar-refractivity contribution < 1.29 is 19.0 Å². The van der Waals surface area contributed by atoms with E-state index in [0.29, 0.717) is 26.2 Å². The molecule has 2 heterocycles. The predicted octanol–water partition coefficient (Wildman–Crippen LogP) is 1.54. The summed E-state index contributed by atoms with van der Waals surface area (Å²) in [5.41, 5.74) is 0.990. The Labute approximate surface area is 143 Å². The van der Waals surface area contributed by atoms with Crippen molar-refractivity contribution in [3.05, 3.63) is 29.8 Å². The van der Waals surface area contributed by atoms with Crippen LogP contribution in [-0.2, 0) is 20.8 Å². The third-order valence-electron chi connectivity index (χ3n) is 4.76. The van der Waals surface area contributed by atoms with Gasteiger partial charge in [0.15, 0.2) is 5.79 Å². The van der Waals surface area contributed by atoms with Crippen molar-refractivity contribution in [1.82, 2.24) is 10.2 Å². The fourth-order valence-electron chi connectivity index (χ4n) is 3.29. The van der Waals surface area contributed by atoms with Gasteiger partial charge in [-0.15, -0.1) is 0 Å². The molecule has 0 radical (unpaired) electrons. The Kier molecular flexibility index (Phi) is 5.71. The Hall–Kier alpha value is -1.63. The second-order valence-corrected chi connectivity index (χ2v) is 6.29. The van der Waals surface area contributed by atoms with Crippen LogP contribution in [0.1, 0.15) is 24.8 Å². The van der Waals surface area contributed by atoms with Crippen molar-refractivity contribution in [1.29, 1.82) is 0 Å². The second kappa shape index (κ2) is 7.96. The zero-order chi connectivity index (χ0) is 16.8. The zero-order valence-corrected chi connectivity index (χ0v) is 14.3. The quantitative estimate of drug-likeness (QED) is 0.855. The van der Waals surface area contributed by atoms with E-state index in [4.69, 9.17) is 14.2 Å². The summed E-state index contributed by atoms with van der Waals surface area (Å²) in [6, 6.07) is 7.73. The molecule has 2 aliphatic heterocycles. The number of likely N-dealkylation sites (tertiary alicyclic amines) is 1. The van der Waals surface area contributed by atoms with Gasteiger partial charge in [-0.2, -0.15) is 0 Å². The molecule has 2 aliphatic rings. The van der Waals surface area contributed by atoms with Crippen LogP contribution in [0.5, 0.6) is 5.75 Å². The molecule has 3 rings (SSSR count). The number of nitrogens with zero attached hydrogens (tertiary/aromatic N) is 1. The number of hydrogen-bond acceptors (Lipinski definition) is 5. The number of para-hydroxylation sites is 1. The largest absolute Gasteiger partial charge is 0.496 e. The van der Waals surface area contributed by atoms with Crippen molar-refractivity contribution in [3.63, 3.8) is 0 Å². The normalized spacial score (nSPS) is 20.2. The lowest BCUT2D eigenvalue weighted by molar-refractivity contribution is -0.185. The maximum Gasteiger partial charge on any atom is 0.221 e. The van der Waals surface area contributed by atoms with Crippen LogP contribution in [0, 0.1) is 0 Å². The number of nitrogens with one attached hydrogen (secondary N) is 1. The first-order chi connectivity index (χ1) is 11.7. The average molecular weight is 334 g/mol. The number of benzene rings is 1. The summed E-state index contributed by atoms with van der Waals surface area (Å²) in [6.07, 6.45) is 2.27. The molecule has 1 N–H and O–H groups in total. The molecule has 0 saturated carbocycles. The molecule has 0 aromatic heterocycles. The number of methoxy groups -OCH3 is 1. The van der Waals surface area contributed by atoms with Gasteiger partial charge in [0.25, 0.3) is 0 Å². The number of carbonyl (C=O) groups is 1. The molecule has 6 heteroatoms. The van der Waals surface area contributed by atoms with Crippen LogP contribution in [0.3, 0.4) is 0 Å². The molecule has 1 amide bonds. The van der Waals surface area contributed by atoms with Gasteiger partial charge >= 0.3 is 0 Å². The highest BCUT2D eigenvalue weighted by Crippen LogP contribution is 2.31. The molecule has 0 bridgehead atoms. The van der Waals surface area contributed by atoms with Gasteiger partial charge in [0.1, 0.15) is 5.75 Å². The van der Waals surface area contributed by atoms with Crippen molar-refractivity contribution in [2.45, 2.75) is 31.6 Å². The highest BCUT2D eigenvalue weighted by Gasteiger charge is 2.39. The number of hydrogen-bond donors (Lipinski definition) is 1. The molecule has 1 spiro atoms. The molecular weight excluding hydrogens is 308 g/mol. The highest BCUT2D eigenvalue weighted by atomic mass is 16.7. The topological polar surface area (TPSA) is 60.0 Å². The minimum Gasteiger partial charge on any atom is -0.496 e. The minimum atomic E-state index is -0.345. The van der Waals surface area contributed by atoms with Crippen LogP contribution in [0.25, 0.3) is 0 Å². The first-order valence-corrected chi connectivity index (χ1v) is 8.60. The standard InChI is InChI=1S/C18H26N2O4/c1-22-16-5-3-2-4-15(16)14-19-17(21)6-9-20-10-7-18(8-11-20)23-12-13-24-18/h2-5H,6-14H2,1H3,(H,19,21). The lowest BCUT2D eigenvalue weighted by Crippen LogP contribution is -2.45. The van der Waals surface area contributed by atoms with Crippen molar-refractivity contribution >= 4 is 5.91 Å². The Morgan fingerprint density at radius 2 is 1.96 bits per heavy atom. The Bertz CT molecular complexity index is 548. The second-order valence-electron chi connectivity index (χ2n) is 6.29.